The van der Waals surface area contributed by atoms with E-state index < -0.39 is 5.91 Å². The minimum absolute atomic E-state index is 0.0992. The van der Waals surface area contributed by atoms with Crippen LogP contribution in [0.3, 0.4) is 0 Å². The largest absolute Gasteiger partial charge is 0.365 e. The van der Waals surface area contributed by atoms with Crippen molar-refractivity contribution in [2.75, 3.05) is 5.32 Å². The summed E-state index contributed by atoms with van der Waals surface area (Å²) < 4.78 is 0. The fourth-order valence-electron chi connectivity index (χ4n) is 2.39. The van der Waals surface area contributed by atoms with E-state index in [0.717, 1.165) is 16.0 Å². The van der Waals surface area contributed by atoms with Gasteiger partial charge in [-0.25, -0.2) is 0 Å². The van der Waals surface area contributed by atoms with Crippen molar-refractivity contribution in [2.24, 2.45) is 5.73 Å². The van der Waals surface area contributed by atoms with E-state index in [0.29, 0.717) is 22.0 Å². The Kier molecular flexibility index (Phi) is 6.90. The van der Waals surface area contributed by atoms with Gasteiger partial charge in [0.25, 0.3) is 5.91 Å². The second-order valence-corrected chi connectivity index (χ2v) is 7.46. The number of benzene rings is 1. The summed E-state index contributed by atoms with van der Waals surface area (Å²) in [5.74, 6) is -0.910. The molecule has 0 spiro atoms. The molecular weight excluding hydrogens is 390 g/mol. The van der Waals surface area contributed by atoms with Crippen molar-refractivity contribution in [2.45, 2.75) is 20.3 Å². The zero-order chi connectivity index (χ0) is 19.3. The van der Waals surface area contributed by atoms with Gasteiger partial charge >= 0.3 is 0 Å². The maximum Gasteiger partial charge on any atom is 0.251 e. The highest BCUT2D eigenvalue weighted by molar-refractivity contribution is 7.80. The smallest absolute Gasteiger partial charge is 0.251 e. The fourth-order valence-corrected chi connectivity index (χ4v) is 3.93. The number of carbonyl (C=O) groups is 2. The third-order valence-electron chi connectivity index (χ3n) is 3.57. The van der Waals surface area contributed by atoms with Gasteiger partial charge in [-0.1, -0.05) is 30.7 Å². The van der Waals surface area contributed by atoms with Gasteiger partial charge in [0, 0.05) is 16.0 Å². The standard InChI is InChI=1S/C18H18ClN3O2S2/c1-3-13-10(2)26-17(15(13)16(20)24)22-18(25)21-14(23)9-6-11-4-7-12(19)8-5-11/h4-9H,3H2,1-2H3,(H2,20,24)(H2,21,22,23,25)/b9-6+. The summed E-state index contributed by atoms with van der Waals surface area (Å²) in [5, 5.41) is 6.70. The molecule has 0 saturated carbocycles. The molecule has 0 aliphatic heterocycles. The molecule has 1 aromatic carbocycles. The molecule has 1 heterocycles. The fraction of sp³-hybridized carbons (Fsp3) is 0.167. The number of carbonyl (C=O) groups excluding carboxylic acids is 2. The lowest BCUT2D eigenvalue weighted by Crippen LogP contribution is -2.33. The number of nitrogens with one attached hydrogen (secondary N) is 2. The van der Waals surface area contributed by atoms with Gasteiger partial charge in [0.1, 0.15) is 5.00 Å². The van der Waals surface area contributed by atoms with Crippen molar-refractivity contribution < 1.29 is 9.59 Å². The van der Waals surface area contributed by atoms with Crippen LogP contribution in [0.2, 0.25) is 5.02 Å². The van der Waals surface area contributed by atoms with E-state index in [1.54, 1.807) is 30.3 Å². The van der Waals surface area contributed by atoms with Crippen LogP contribution in [0.5, 0.6) is 0 Å². The second-order valence-electron chi connectivity index (χ2n) is 5.39. The number of rotatable bonds is 5. The number of anilines is 1. The predicted octanol–water partition coefficient (Wildman–Crippen LogP) is 3.90. The third kappa shape index (κ3) is 5.14. The van der Waals surface area contributed by atoms with E-state index in [2.05, 4.69) is 10.6 Å². The van der Waals surface area contributed by atoms with Gasteiger partial charge in [-0.3, -0.25) is 14.9 Å². The van der Waals surface area contributed by atoms with Crippen LogP contribution in [0.15, 0.2) is 30.3 Å². The molecule has 0 aliphatic rings. The number of amides is 2. The molecule has 2 amide bonds. The summed E-state index contributed by atoms with van der Waals surface area (Å²) in [5.41, 5.74) is 7.62. The van der Waals surface area contributed by atoms with Crippen molar-refractivity contribution in [1.82, 2.24) is 5.32 Å². The molecule has 1 aromatic heterocycles. The molecule has 0 saturated heterocycles. The molecule has 2 rings (SSSR count). The van der Waals surface area contributed by atoms with Crippen molar-refractivity contribution in [3.8, 4) is 0 Å². The number of hydrogen-bond donors (Lipinski definition) is 3. The molecule has 0 unspecified atom stereocenters. The Morgan fingerprint density at radius 3 is 2.54 bits per heavy atom. The van der Waals surface area contributed by atoms with E-state index in [1.165, 1.54) is 17.4 Å². The maximum atomic E-state index is 12.0. The van der Waals surface area contributed by atoms with E-state index in [1.807, 2.05) is 13.8 Å². The summed E-state index contributed by atoms with van der Waals surface area (Å²) in [6.45, 7) is 3.87. The number of aryl methyl sites for hydroxylation is 1. The lowest BCUT2D eigenvalue weighted by Gasteiger charge is -2.08. The first-order chi connectivity index (χ1) is 12.3. The van der Waals surface area contributed by atoms with Crippen molar-refractivity contribution >= 4 is 63.2 Å². The van der Waals surface area contributed by atoms with Gasteiger partial charge in [-0.15, -0.1) is 11.3 Å². The number of halogens is 1. The monoisotopic (exact) mass is 407 g/mol. The lowest BCUT2D eigenvalue weighted by atomic mass is 10.1. The molecule has 0 fully saturated rings. The van der Waals surface area contributed by atoms with Crippen LogP contribution >= 0.6 is 35.2 Å². The minimum atomic E-state index is -0.523. The van der Waals surface area contributed by atoms with Crippen LogP contribution in [-0.2, 0) is 11.2 Å². The summed E-state index contributed by atoms with van der Waals surface area (Å²) in [4.78, 5) is 24.7. The highest BCUT2D eigenvalue weighted by Gasteiger charge is 2.19. The van der Waals surface area contributed by atoms with Crippen molar-refractivity contribution in [3.05, 3.63) is 56.9 Å². The van der Waals surface area contributed by atoms with Crippen molar-refractivity contribution in [3.63, 3.8) is 0 Å². The van der Waals surface area contributed by atoms with E-state index in [-0.39, 0.29) is 11.0 Å². The summed E-state index contributed by atoms with van der Waals surface area (Å²) in [6.07, 6.45) is 3.70. The number of hydrogen-bond acceptors (Lipinski definition) is 4. The van der Waals surface area contributed by atoms with Crippen molar-refractivity contribution in [1.29, 1.82) is 0 Å². The number of thiophene rings is 1. The van der Waals surface area contributed by atoms with Crippen LogP contribution in [0.4, 0.5) is 5.00 Å². The average molecular weight is 408 g/mol. The second kappa shape index (κ2) is 8.93. The number of thiocarbonyl (C=S) groups is 1. The SMILES string of the molecule is CCc1c(C)sc(NC(=S)NC(=O)/C=C/c2ccc(Cl)cc2)c1C(N)=O. The Morgan fingerprint density at radius 1 is 1.31 bits per heavy atom. The molecule has 0 atom stereocenters. The molecule has 4 N–H and O–H groups in total. The molecular formula is C18H18ClN3O2S2. The van der Waals surface area contributed by atoms with Gasteiger partial charge < -0.3 is 11.1 Å². The average Bonchev–Trinajstić information content (AvgIpc) is 2.89. The minimum Gasteiger partial charge on any atom is -0.365 e. The molecule has 5 nitrogen and oxygen atoms in total. The molecule has 8 heteroatoms. The lowest BCUT2D eigenvalue weighted by molar-refractivity contribution is -0.115. The molecule has 2 aromatic rings. The molecule has 26 heavy (non-hydrogen) atoms. The Balaban J connectivity index is 2.03. The summed E-state index contributed by atoms with van der Waals surface area (Å²) >= 11 is 12.4. The normalized spacial score (nSPS) is 10.7. The topological polar surface area (TPSA) is 84.2 Å². The zero-order valence-electron chi connectivity index (χ0n) is 14.3. The van der Waals surface area contributed by atoms with E-state index in [4.69, 9.17) is 29.6 Å². The van der Waals surface area contributed by atoms with E-state index in [9.17, 15) is 9.59 Å². The maximum absolute atomic E-state index is 12.0. The van der Waals surface area contributed by atoms with Crippen LogP contribution in [0.1, 0.15) is 33.3 Å². The third-order valence-corrected chi connectivity index (χ3v) is 5.09. The Bertz CT molecular complexity index is 873. The first-order valence-corrected chi connectivity index (χ1v) is 9.39. The zero-order valence-corrected chi connectivity index (χ0v) is 16.6. The first kappa shape index (κ1) is 20.1. The summed E-state index contributed by atoms with van der Waals surface area (Å²) in [6, 6.07) is 7.06. The summed E-state index contributed by atoms with van der Waals surface area (Å²) in [7, 11) is 0. The van der Waals surface area contributed by atoms with Crippen LogP contribution < -0.4 is 16.4 Å². The van der Waals surface area contributed by atoms with E-state index >= 15 is 0 Å². The molecule has 0 radical (unpaired) electrons. The molecule has 0 bridgehead atoms. The number of nitrogens with two attached hydrogens (primary N) is 1. The van der Waals surface area contributed by atoms with Gasteiger partial charge in [0.05, 0.1) is 5.56 Å². The highest BCUT2D eigenvalue weighted by Crippen LogP contribution is 2.33. The van der Waals surface area contributed by atoms with Gasteiger partial charge in [-0.2, -0.15) is 0 Å². The Morgan fingerprint density at radius 2 is 1.96 bits per heavy atom. The quantitative estimate of drug-likeness (QED) is 0.518. The predicted molar refractivity (Wildman–Crippen MR) is 112 cm³/mol. The van der Waals surface area contributed by atoms with Crippen LogP contribution in [-0.4, -0.2) is 16.9 Å². The highest BCUT2D eigenvalue weighted by atomic mass is 35.5. The first-order valence-electron chi connectivity index (χ1n) is 7.79. The van der Waals surface area contributed by atoms with Crippen LogP contribution in [0.25, 0.3) is 6.08 Å². The Labute approximate surface area is 166 Å². The van der Waals surface area contributed by atoms with Gasteiger partial charge in [0.2, 0.25) is 5.91 Å². The molecule has 0 aliphatic carbocycles. The Hall–Kier alpha value is -2.22. The van der Waals surface area contributed by atoms with Crippen LogP contribution in [0, 0.1) is 6.92 Å². The number of primary amides is 1. The van der Waals surface area contributed by atoms with Gasteiger partial charge in [-0.05, 0) is 54.9 Å². The molecule has 136 valence electrons. The van der Waals surface area contributed by atoms with Gasteiger partial charge in [0.15, 0.2) is 5.11 Å².